The van der Waals surface area contributed by atoms with E-state index in [9.17, 15) is 9.59 Å². The van der Waals surface area contributed by atoms with Gasteiger partial charge in [-0.15, -0.1) is 0 Å². The van der Waals surface area contributed by atoms with Gasteiger partial charge in [0, 0.05) is 17.1 Å². The average Bonchev–Trinajstić information content (AvgIpc) is 3.12. The first-order valence-corrected chi connectivity index (χ1v) is 6.86. The third-order valence-electron chi connectivity index (χ3n) is 3.33. The van der Waals surface area contributed by atoms with Crippen molar-refractivity contribution in [2.75, 3.05) is 0 Å². The molecule has 0 aromatic rings. The summed E-state index contributed by atoms with van der Waals surface area (Å²) in [5.41, 5.74) is 2.70. The molecule has 0 saturated carbocycles. The van der Waals surface area contributed by atoms with Crippen LogP contribution >= 0.6 is 0 Å². The molecular weight excluding hydrogens is 280 g/mol. The summed E-state index contributed by atoms with van der Waals surface area (Å²) in [5.74, 6) is -1.98. The Morgan fingerprint density at radius 2 is 1.41 bits per heavy atom. The maximum absolute atomic E-state index is 11.1. The van der Waals surface area contributed by atoms with Crippen LogP contribution in [0, 0.1) is 5.92 Å². The first-order chi connectivity index (χ1) is 10.3. The molecule has 2 N–H and O–H groups in total. The van der Waals surface area contributed by atoms with E-state index < -0.39 is 11.9 Å². The zero-order valence-corrected chi connectivity index (χ0v) is 12.6. The molecule has 0 fully saturated rings. The Balaban J connectivity index is 0.000000346. The van der Waals surface area contributed by atoms with Crippen LogP contribution in [0.4, 0.5) is 0 Å². The van der Waals surface area contributed by atoms with Crippen molar-refractivity contribution in [1.29, 1.82) is 0 Å². The monoisotopic (exact) mass is 300 g/mol. The molecule has 0 heterocycles. The lowest BCUT2D eigenvalue weighted by Gasteiger charge is -2.20. The second-order valence-electron chi connectivity index (χ2n) is 5.10. The highest BCUT2D eigenvalue weighted by Crippen LogP contribution is 2.35. The van der Waals surface area contributed by atoms with Gasteiger partial charge in [0.05, 0.1) is 0 Å². The minimum Gasteiger partial charge on any atom is -0.478 e. The molecule has 0 spiro atoms. The first-order valence-electron chi connectivity index (χ1n) is 6.86. The highest BCUT2D eigenvalue weighted by Gasteiger charge is 2.26. The van der Waals surface area contributed by atoms with Crippen molar-refractivity contribution in [3.8, 4) is 0 Å². The second kappa shape index (κ2) is 7.98. The normalized spacial score (nSPS) is 15.0. The molecule has 0 aromatic carbocycles. The number of carboxylic acid groups (broad SMARTS) is 2. The van der Waals surface area contributed by atoms with Gasteiger partial charge >= 0.3 is 11.9 Å². The van der Waals surface area contributed by atoms with Crippen LogP contribution in [0.25, 0.3) is 0 Å². The number of aliphatic carboxylic acids is 2. The minimum atomic E-state index is -0.935. The molecule has 0 saturated heterocycles. The smallest absolute Gasteiger partial charge is 0.331 e. The molecule has 0 atom stereocenters. The van der Waals surface area contributed by atoms with E-state index in [1.54, 1.807) is 0 Å². The van der Waals surface area contributed by atoms with Crippen LogP contribution in [0.5, 0.6) is 0 Å². The Morgan fingerprint density at radius 3 is 1.64 bits per heavy atom. The van der Waals surface area contributed by atoms with Gasteiger partial charge in [-0.1, -0.05) is 60.8 Å². The maximum atomic E-state index is 11.1. The Morgan fingerprint density at radius 1 is 1.00 bits per heavy atom. The quantitative estimate of drug-likeness (QED) is 0.760. The number of hydrogen-bond donors (Lipinski definition) is 2. The number of rotatable bonds is 5. The van der Waals surface area contributed by atoms with Gasteiger partial charge < -0.3 is 10.2 Å². The molecule has 116 valence electrons. The summed E-state index contributed by atoms with van der Waals surface area (Å²) < 4.78 is 0. The van der Waals surface area contributed by atoms with Gasteiger partial charge in [0.15, 0.2) is 0 Å². The predicted molar refractivity (Wildman–Crippen MR) is 86.4 cm³/mol. The minimum absolute atomic E-state index is 0.137. The third kappa shape index (κ3) is 4.74. The summed E-state index contributed by atoms with van der Waals surface area (Å²) in [6.07, 6.45) is 13.7. The highest BCUT2D eigenvalue weighted by molar-refractivity contribution is 5.88. The van der Waals surface area contributed by atoms with E-state index in [-0.39, 0.29) is 17.1 Å². The molecule has 4 heteroatoms. The van der Waals surface area contributed by atoms with Crippen LogP contribution in [0.15, 0.2) is 71.9 Å². The predicted octanol–water partition coefficient (Wildman–Crippen LogP) is 3.66. The van der Waals surface area contributed by atoms with Crippen LogP contribution in [0.3, 0.4) is 0 Å². The van der Waals surface area contributed by atoms with Gasteiger partial charge in [0.25, 0.3) is 0 Å². The molecule has 22 heavy (non-hydrogen) atoms. The van der Waals surface area contributed by atoms with Crippen molar-refractivity contribution in [3.63, 3.8) is 0 Å². The second-order valence-corrected chi connectivity index (χ2v) is 5.10. The maximum Gasteiger partial charge on any atom is 0.331 e. The molecule has 0 bridgehead atoms. The average molecular weight is 300 g/mol. The SMILES string of the molecule is C=C(C(=O)O)C(C1=CC=CC1)C1=CC=CC1.C=C(C)C(=O)O. The largest absolute Gasteiger partial charge is 0.478 e. The summed E-state index contributed by atoms with van der Waals surface area (Å²) in [5, 5.41) is 17.0. The summed E-state index contributed by atoms with van der Waals surface area (Å²) in [6, 6.07) is 0. The summed E-state index contributed by atoms with van der Waals surface area (Å²) in [6.45, 7) is 8.31. The van der Waals surface area contributed by atoms with Gasteiger partial charge in [0.2, 0.25) is 0 Å². The van der Waals surface area contributed by atoms with E-state index >= 15 is 0 Å². The zero-order valence-electron chi connectivity index (χ0n) is 12.6. The molecule has 2 aliphatic carbocycles. The molecule has 0 aliphatic heterocycles. The molecule has 0 radical (unpaired) electrons. The van der Waals surface area contributed by atoms with E-state index in [1.165, 1.54) is 6.92 Å². The molecule has 0 aromatic heterocycles. The van der Waals surface area contributed by atoms with Crippen molar-refractivity contribution in [2.24, 2.45) is 5.92 Å². The molecular formula is C18H20O4. The highest BCUT2D eigenvalue weighted by atomic mass is 16.4. The van der Waals surface area contributed by atoms with Crippen LogP contribution in [-0.2, 0) is 9.59 Å². The fourth-order valence-corrected chi connectivity index (χ4v) is 2.16. The van der Waals surface area contributed by atoms with E-state index in [4.69, 9.17) is 10.2 Å². The van der Waals surface area contributed by atoms with Crippen LogP contribution in [0.2, 0.25) is 0 Å². The Hall–Kier alpha value is -2.62. The lowest BCUT2D eigenvalue weighted by Crippen LogP contribution is -2.15. The number of hydrogen-bond acceptors (Lipinski definition) is 2. The van der Waals surface area contributed by atoms with Crippen molar-refractivity contribution in [3.05, 3.63) is 71.9 Å². The summed E-state index contributed by atoms with van der Waals surface area (Å²) in [4.78, 5) is 20.7. The topological polar surface area (TPSA) is 74.6 Å². The van der Waals surface area contributed by atoms with Crippen molar-refractivity contribution in [2.45, 2.75) is 19.8 Å². The van der Waals surface area contributed by atoms with E-state index in [2.05, 4.69) is 13.2 Å². The number of carboxylic acids is 2. The van der Waals surface area contributed by atoms with Gasteiger partial charge in [-0.25, -0.2) is 9.59 Å². The van der Waals surface area contributed by atoms with Gasteiger partial charge in [0.1, 0.15) is 0 Å². The molecule has 2 rings (SSSR count). The standard InChI is InChI=1S/C14H14O2.C4H6O2/c1-10(14(15)16)13(11-6-2-3-7-11)12-8-4-5-9-12;1-3(2)4(5)6/h2-6,8,13H,1,7,9H2,(H,15,16);1H2,2H3,(H,5,6). The van der Waals surface area contributed by atoms with Gasteiger partial charge in [-0.05, 0) is 19.8 Å². The zero-order chi connectivity index (χ0) is 16.7. The molecule has 0 unspecified atom stereocenters. The van der Waals surface area contributed by atoms with Crippen LogP contribution < -0.4 is 0 Å². The van der Waals surface area contributed by atoms with Crippen molar-refractivity contribution < 1.29 is 19.8 Å². The van der Waals surface area contributed by atoms with Crippen LogP contribution in [-0.4, -0.2) is 22.2 Å². The molecule has 2 aliphatic rings. The first kappa shape index (κ1) is 17.4. The van der Waals surface area contributed by atoms with E-state index in [0.29, 0.717) is 0 Å². The van der Waals surface area contributed by atoms with Crippen molar-refractivity contribution >= 4 is 11.9 Å². The fraction of sp³-hybridized carbons (Fsp3) is 0.222. The Kier molecular flexibility index (Phi) is 6.32. The van der Waals surface area contributed by atoms with Gasteiger partial charge in [-0.3, -0.25) is 0 Å². The van der Waals surface area contributed by atoms with Gasteiger partial charge in [-0.2, -0.15) is 0 Å². The fourth-order valence-electron chi connectivity index (χ4n) is 2.16. The Bertz CT molecular complexity index is 570. The third-order valence-corrected chi connectivity index (χ3v) is 3.33. The lowest BCUT2D eigenvalue weighted by atomic mass is 9.83. The van der Waals surface area contributed by atoms with E-state index in [0.717, 1.165) is 24.0 Å². The number of allylic oxidation sites excluding steroid dienone is 8. The summed E-state index contributed by atoms with van der Waals surface area (Å²) >= 11 is 0. The Labute approximate surface area is 130 Å². The number of carbonyl (C=O) groups is 2. The molecule has 4 nitrogen and oxygen atoms in total. The molecule has 0 amide bonds. The lowest BCUT2D eigenvalue weighted by molar-refractivity contribution is -0.133. The summed E-state index contributed by atoms with van der Waals surface area (Å²) in [7, 11) is 0. The van der Waals surface area contributed by atoms with Crippen molar-refractivity contribution in [1.82, 2.24) is 0 Å². The van der Waals surface area contributed by atoms with E-state index in [1.807, 2.05) is 36.5 Å². The van der Waals surface area contributed by atoms with Crippen LogP contribution in [0.1, 0.15) is 19.8 Å².